The Morgan fingerprint density at radius 2 is 1.83 bits per heavy atom. The summed E-state index contributed by atoms with van der Waals surface area (Å²) in [6.07, 6.45) is 0. The molecule has 2 rings (SSSR count). The van der Waals surface area contributed by atoms with E-state index in [9.17, 15) is 8.60 Å². The van der Waals surface area contributed by atoms with Crippen molar-refractivity contribution >= 4 is 32.4 Å². The highest BCUT2D eigenvalue weighted by Crippen LogP contribution is 2.23. The van der Waals surface area contributed by atoms with E-state index in [1.165, 1.54) is 12.1 Å². The fourth-order valence-corrected chi connectivity index (χ4v) is 3.11. The molecule has 94 valence electrons. The number of halogens is 2. The molecule has 0 aromatic heterocycles. The zero-order valence-corrected chi connectivity index (χ0v) is 11.8. The minimum absolute atomic E-state index is 0.298. The van der Waals surface area contributed by atoms with Gasteiger partial charge in [-0.25, -0.2) is 4.39 Å². The second kappa shape index (κ2) is 5.63. The van der Waals surface area contributed by atoms with E-state index in [2.05, 4.69) is 15.9 Å². The highest BCUT2D eigenvalue weighted by atomic mass is 79.9. The average Bonchev–Trinajstić information content (AvgIpc) is 2.32. The largest absolute Gasteiger partial charge is 0.398 e. The Kier molecular flexibility index (Phi) is 4.14. The lowest BCUT2D eigenvalue weighted by Crippen LogP contribution is -2.01. The van der Waals surface area contributed by atoms with Crippen LogP contribution >= 0.6 is 15.9 Å². The van der Waals surface area contributed by atoms with Gasteiger partial charge in [-0.1, -0.05) is 28.1 Å². The molecule has 2 N–H and O–H groups in total. The van der Waals surface area contributed by atoms with E-state index in [0.717, 1.165) is 10.0 Å². The van der Waals surface area contributed by atoms with Crippen LogP contribution in [0.5, 0.6) is 0 Å². The Morgan fingerprint density at radius 3 is 2.44 bits per heavy atom. The number of benzene rings is 2. The summed E-state index contributed by atoms with van der Waals surface area (Å²) in [7, 11) is -1.23. The lowest BCUT2D eigenvalue weighted by Gasteiger charge is -2.06. The highest BCUT2D eigenvalue weighted by molar-refractivity contribution is 9.10. The molecule has 1 atom stereocenters. The molecule has 2 aromatic carbocycles. The van der Waals surface area contributed by atoms with Crippen LogP contribution in [0.4, 0.5) is 10.1 Å². The maximum Gasteiger partial charge on any atom is 0.123 e. The summed E-state index contributed by atoms with van der Waals surface area (Å²) in [5.41, 5.74) is 7.12. The first-order valence-electron chi connectivity index (χ1n) is 5.24. The Balaban J connectivity index is 2.19. The van der Waals surface area contributed by atoms with Gasteiger partial charge < -0.3 is 5.73 Å². The highest BCUT2D eigenvalue weighted by Gasteiger charge is 2.09. The van der Waals surface area contributed by atoms with E-state index in [0.29, 0.717) is 16.3 Å². The number of nitrogens with two attached hydrogens (primary N) is 1. The molecule has 0 aliphatic heterocycles. The maximum absolute atomic E-state index is 12.8. The fourth-order valence-electron chi connectivity index (χ4n) is 1.54. The van der Waals surface area contributed by atoms with Crippen molar-refractivity contribution in [1.82, 2.24) is 0 Å². The predicted octanol–water partition coefficient (Wildman–Crippen LogP) is 3.48. The Bertz CT molecular complexity index is 586. The van der Waals surface area contributed by atoms with E-state index in [4.69, 9.17) is 5.73 Å². The second-order valence-corrected chi connectivity index (χ2v) is 6.13. The van der Waals surface area contributed by atoms with Crippen molar-refractivity contribution < 1.29 is 8.60 Å². The Labute approximate surface area is 116 Å². The zero-order chi connectivity index (χ0) is 13.1. The van der Waals surface area contributed by atoms with Crippen molar-refractivity contribution in [2.24, 2.45) is 0 Å². The summed E-state index contributed by atoms with van der Waals surface area (Å²) in [5, 5.41) is 0. The van der Waals surface area contributed by atoms with Crippen LogP contribution in [0.25, 0.3) is 0 Å². The third-order valence-corrected chi connectivity index (χ3v) is 4.38. The monoisotopic (exact) mass is 327 g/mol. The molecule has 1 unspecified atom stereocenters. The number of anilines is 1. The Hall–Kier alpha value is -1.20. The van der Waals surface area contributed by atoms with Crippen LogP contribution in [0.2, 0.25) is 0 Å². The molecule has 0 heterocycles. The summed E-state index contributed by atoms with van der Waals surface area (Å²) < 4.78 is 25.8. The first kappa shape index (κ1) is 13.2. The van der Waals surface area contributed by atoms with Crippen LogP contribution in [0, 0.1) is 5.82 Å². The maximum atomic E-state index is 12.8. The van der Waals surface area contributed by atoms with Crippen LogP contribution in [0.3, 0.4) is 0 Å². The molecule has 0 aliphatic rings. The summed E-state index contributed by atoms with van der Waals surface area (Å²) in [6, 6.07) is 11.2. The van der Waals surface area contributed by atoms with Gasteiger partial charge in [0, 0.05) is 10.2 Å². The average molecular weight is 328 g/mol. The first-order chi connectivity index (χ1) is 8.56. The lowest BCUT2D eigenvalue weighted by atomic mass is 10.2. The van der Waals surface area contributed by atoms with E-state index in [1.54, 1.807) is 30.3 Å². The van der Waals surface area contributed by atoms with Gasteiger partial charge in [-0.3, -0.25) is 4.21 Å². The summed E-state index contributed by atoms with van der Waals surface area (Å²) in [5.74, 6) is 0.0271. The third kappa shape index (κ3) is 3.17. The van der Waals surface area contributed by atoms with Gasteiger partial charge in [0.1, 0.15) is 5.82 Å². The van der Waals surface area contributed by atoms with Gasteiger partial charge in [-0.05, 0) is 35.9 Å². The first-order valence-corrected chi connectivity index (χ1v) is 7.35. The molecule has 0 spiro atoms. The number of nitrogen functional groups attached to an aromatic ring is 1. The van der Waals surface area contributed by atoms with E-state index in [-0.39, 0.29) is 5.82 Å². The molecule has 0 amide bonds. The lowest BCUT2D eigenvalue weighted by molar-refractivity contribution is 0.627. The third-order valence-electron chi connectivity index (χ3n) is 2.43. The van der Waals surface area contributed by atoms with Crippen molar-refractivity contribution in [3.8, 4) is 0 Å². The molecule has 0 saturated heterocycles. The molecular formula is C13H11BrFNOS. The number of rotatable bonds is 3. The van der Waals surface area contributed by atoms with Gasteiger partial charge in [-0.2, -0.15) is 0 Å². The van der Waals surface area contributed by atoms with E-state index >= 15 is 0 Å². The van der Waals surface area contributed by atoms with Gasteiger partial charge in [0.25, 0.3) is 0 Å². The van der Waals surface area contributed by atoms with Crippen molar-refractivity contribution in [1.29, 1.82) is 0 Å². The minimum atomic E-state index is -1.23. The molecule has 2 nitrogen and oxygen atoms in total. The van der Waals surface area contributed by atoms with Crippen molar-refractivity contribution in [2.75, 3.05) is 5.73 Å². The fraction of sp³-hybridized carbons (Fsp3) is 0.0769. The molecule has 0 bridgehead atoms. The van der Waals surface area contributed by atoms with Crippen LogP contribution < -0.4 is 5.73 Å². The molecule has 18 heavy (non-hydrogen) atoms. The zero-order valence-electron chi connectivity index (χ0n) is 9.40. The summed E-state index contributed by atoms with van der Waals surface area (Å²) in [4.78, 5) is 0.600. The Morgan fingerprint density at radius 1 is 1.17 bits per heavy atom. The molecule has 0 saturated carbocycles. The van der Waals surface area contributed by atoms with E-state index < -0.39 is 10.8 Å². The smallest absolute Gasteiger partial charge is 0.123 e. The second-order valence-electron chi connectivity index (χ2n) is 3.80. The molecule has 2 aromatic rings. The minimum Gasteiger partial charge on any atom is -0.398 e. The number of hydrogen-bond donors (Lipinski definition) is 1. The van der Waals surface area contributed by atoms with Gasteiger partial charge in [0.2, 0.25) is 0 Å². The summed E-state index contributed by atoms with van der Waals surface area (Å²) >= 11 is 3.30. The summed E-state index contributed by atoms with van der Waals surface area (Å²) in [6.45, 7) is 0. The van der Waals surface area contributed by atoms with Gasteiger partial charge >= 0.3 is 0 Å². The van der Waals surface area contributed by atoms with Crippen molar-refractivity contribution in [2.45, 2.75) is 10.6 Å². The van der Waals surface area contributed by atoms with E-state index in [1.807, 2.05) is 0 Å². The van der Waals surface area contributed by atoms with Crippen molar-refractivity contribution in [3.63, 3.8) is 0 Å². The van der Waals surface area contributed by atoms with Crippen LogP contribution in [-0.4, -0.2) is 4.21 Å². The van der Waals surface area contributed by atoms with Crippen LogP contribution in [0.15, 0.2) is 51.8 Å². The molecular weight excluding hydrogens is 317 g/mol. The topological polar surface area (TPSA) is 43.1 Å². The van der Waals surface area contributed by atoms with Crippen LogP contribution in [0.1, 0.15) is 5.56 Å². The van der Waals surface area contributed by atoms with Crippen molar-refractivity contribution in [3.05, 3.63) is 58.3 Å². The number of hydrogen-bond acceptors (Lipinski definition) is 2. The van der Waals surface area contributed by atoms with Gasteiger partial charge in [0.15, 0.2) is 0 Å². The predicted molar refractivity (Wildman–Crippen MR) is 75.1 cm³/mol. The molecule has 5 heteroatoms. The van der Waals surface area contributed by atoms with Gasteiger partial charge in [0.05, 0.1) is 21.4 Å². The van der Waals surface area contributed by atoms with Crippen LogP contribution in [-0.2, 0) is 16.6 Å². The quantitative estimate of drug-likeness (QED) is 0.877. The SMILES string of the molecule is Nc1cc(Br)ccc1S(=O)Cc1ccc(F)cc1. The molecule has 0 radical (unpaired) electrons. The molecule has 0 fully saturated rings. The molecule has 0 aliphatic carbocycles. The van der Waals surface area contributed by atoms with Gasteiger partial charge in [-0.15, -0.1) is 0 Å². The standard InChI is InChI=1S/C13H11BrFNOS/c14-10-3-6-13(12(16)7-10)18(17)8-9-1-4-11(15)5-2-9/h1-7H,8,16H2. The normalized spacial score (nSPS) is 12.3.